The van der Waals surface area contributed by atoms with Crippen molar-refractivity contribution in [3.05, 3.63) is 65.9 Å². The highest BCUT2D eigenvalue weighted by atomic mass is 19.1. The monoisotopic (exact) mass is 273 g/mol. The minimum atomic E-state index is -0.491. The Hall–Kier alpha value is -2.36. The second-order valence-corrected chi connectivity index (χ2v) is 4.68. The number of halogens is 2. The highest BCUT2D eigenvalue weighted by Gasteiger charge is 2.13. The Morgan fingerprint density at radius 1 is 1.05 bits per heavy atom. The van der Waals surface area contributed by atoms with Crippen LogP contribution in [0.2, 0.25) is 0 Å². The van der Waals surface area contributed by atoms with Gasteiger partial charge < -0.3 is 9.73 Å². The highest BCUT2D eigenvalue weighted by Crippen LogP contribution is 2.27. The van der Waals surface area contributed by atoms with Crippen molar-refractivity contribution in [2.45, 2.75) is 13.0 Å². The lowest BCUT2D eigenvalue weighted by Crippen LogP contribution is -2.07. The molecule has 1 atom stereocenters. The van der Waals surface area contributed by atoms with Crippen LogP contribution in [0.3, 0.4) is 0 Å². The van der Waals surface area contributed by atoms with Crippen LogP contribution in [-0.4, -0.2) is 0 Å². The van der Waals surface area contributed by atoms with Crippen molar-refractivity contribution >= 4 is 16.7 Å². The Morgan fingerprint density at radius 2 is 1.85 bits per heavy atom. The van der Waals surface area contributed by atoms with E-state index in [0.29, 0.717) is 5.76 Å². The number of anilines is 1. The predicted octanol–water partition coefficient (Wildman–Crippen LogP) is 4.88. The van der Waals surface area contributed by atoms with Crippen molar-refractivity contribution in [1.82, 2.24) is 0 Å². The summed E-state index contributed by atoms with van der Waals surface area (Å²) in [5.74, 6) is -0.296. The van der Waals surface area contributed by atoms with E-state index in [-0.39, 0.29) is 11.7 Å². The number of para-hydroxylation sites is 1. The van der Waals surface area contributed by atoms with E-state index in [1.165, 1.54) is 0 Å². The van der Waals surface area contributed by atoms with Crippen LogP contribution in [0.1, 0.15) is 18.7 Å². The first kappa shape index (κ1) is 12.7. The van der Waals surface area contributed by atoms with Gasteiger partial charge in [-0.05, 0) is 37.3 Å². The largest absolute Gasteiger partial charge is 0.459 e. The quantitative estimate of drug-likeness (QED) is 0.735. The summed E-state index contributed by atoms with van der Waals surface area (Å²) in [6.07, 6.45) is 0. The maximum Gasteiger partial charge on any atom is 0.146 e. The van der Waals surface area contributed by atoms with Gasteiger partial charge in [-0.1, -0.05) is 18.2 Å². The van der Waals surface area contributed by atoms with Crippen LogP contribution in [0.25, 0.3) is 11.0 Å². The third kappa shape index (κ3) is 2.37. The first-order chi connectivity index (χ1) is 9.63. The second-order valence-electron chi connectivity index (χ2n) is 4.68. The number of fused-ring (bicyclic) bond motifs is 1. The zero-order chi connectivity index (χ0) is 14.1. The third-order valence-corrected chi connectivity index (χ3v) is 3.17. The molecule has 0 aliphatic heterocycles. The number of rotatable bonds is 3. The lowest BCUT2D eigenvalue weighted by Gasteiger charge is -2.13. The summed E-state index contributed by atoms with van der Waals surface area (Å²) in [6, 6.07) is 12.6. The highest BCUT2D eigenvalue weighted by molar-refractivity contribution is 5.77. The lowest BCUT2D eigenvalue weighted by molar-refractivity contribution is 0.523. The molecule has 20 heavy (non-hydrogen) atoms. The van der Waals surface area contributed by atoms with Crippen LogP contribution < -0.4 is 5.32 Å². The van der Waals surface area contributed by atoms with Gasteiger partial charge in [0.25, 0.3) is 0 Å². The molecule has 3 aromatic rings. The number of hydrogen-bond donors (Lipinski definition) is 1. The van der Waals surface area contributed by atoms with Crippen LogP contribution in [0.15, 0.2) is 52.9 Å². The van der Waals surface area contributed by atoms with Crippen LogP contribution in [0.5, 0.6) is 0 Å². The fourth-order valence-corrected chi connectivity index (χ4v) is 2.13. The Bertz CT molecular complexity index is 718. The van der Waals surface area contributed by atoms with Crippen molar-refractivity contribution in [2.24, 2.45) is 0 Å². The van der Waals surface area contributed by atoms with Crippen molar-refractivity contribution in [1.29, 1.82) is 0 Å². The fraction of sp³-hybridized carbons (Fsp3) is 0.125. The molecule has 2 nitrogen and oxygen atoms in total. The molecule has 0 aliphatic rings. The summed E-state index contributed by atoms with van der Waals surface area (Å²) in [5.41, 5.74) is 0.897. The van der Waals surface area contributed by atoms with E-state index in [0.717, 1.165) is 29.2 Å². The third-order valence-electron chi connectivity index (χ3n) is 3.17. The average molecular weight is 273 g/mol. The fourth-order valence-electron chi connectivity index (χ4n) is 2.13. The molecular weight excluding hydrogens is 260 g/mol. The molecule has 2 aromatic carbocycles. The molecule has 1 aromatic heterocycles. The Kier molecular flexibility index (Phi) is 3.14. The minimum absolute atomic E-state index is 0.123. The van der Waals surface area contributed by atoms with Gasteiger partial charge in [0.2, 0.25) is 0 Å². The standard InChI is InChI=1S/C16H13F2NO/c1-10(19-14-9-12(17)6-7-13(14)18)16-8-11-4-2-3-5-15(11)20-16/h2-10,19H,1H3. The molecule has 1 heterocycles. The lowest BCUT2D eigenvalue weighted by atomic mass is 10.2. The topological polar surface area (TPSA) is 25.2 Å². The summed E-state index contributed by atoms with van der Waals surface area (Å²) in [5, 5.41) is 3.90. The predicted molar refractivity (Wildman–Crippen MR) is 74.6 cm³/mol. The Labute approximate surface area is 115 Å². The smallest absolute Gasteiger partial charge is 0.146 e. The summed E-state index contributed by atoms with van der Waals surface area (Å²) >= 11 is 0. The zero-order valence-electron chi connectivity index (χ0n) is 10.9. The molecule has 0 amide bonds. The average Bonchev–Trinajstić information content (AvgIpc) is 2.87. The number of benzene rings is 2. The summed E-state index contributed by atoms with van der Waals surface area (Å²) in [4.78, 5) is 0. The van der Waals surface area contributed by atoms with Gasteiger partial charge in [0, 0.05) is 5.39 Å². The molecule has 0 spiro atoms. The summed E-state index contributed by atoms with van der Waals surface area (Å²) in [7, 11) is 0. The number of hydrogen-bond acceptors (Lipinski definition) is 2. The molecule has 0 bridgehead atoms. The van der Waals surface area contributed by atoms with Gasteiger partial charge in [0.15, 0.2) is 0 Å². The molecule has 1 unspecified atom stereocenters. The molecule has 0 saturated heterocycles. The van der Waals surface area contributed by atoms with Gasteiger partial charge in [-0.25, -0.2) is 8.78 Å². The van der Waals surface area contributed by atoms with Gasteiger partial charge in [-0.15, -0.1) is 0 Å². The van der Waals surface area contributed by atoms with Crippen LogP contribution in [0.4, 0.5) is 14.5 Å². The second kappa shape index (κ2) is 4.96. The van der Waals surface area contributed by atoms with Gasteiger partial charge >= 0.3 is 0 Å². The van der Waals surface area contributed by atoms with Gasteiger partial charge in [0.1, 0.15) is 23.0 Å². The Morgan fingerprint density at radius 3 is 2.65 bits per heavy atom. The summed E-state index contributed by atoms with van der Waals surface area (Å²) in [6.45, 7) is 1.84. The van der Waals surface area contributed by atoms with E-state index >= 15 is 0 Å². The van der Waals surface area contributed by atoms with Crippen molar-refractivity contribution in [2.75, 3.05) is 5.32 Å². The first-order valence-electron chi connectivity index (χ1n) is 6.33. The summed E-state index contributed by atoms with van der Waals surface area (Å²) < 4.78 is 32.4. The van der Waals surface area contributed by atoms with E-state index in [2.05, 4.69) is 5.32 Å². The van der Waals surface area contributed by atoms with E-state index in [9.17, 15) is 8.78 Å². The first-order valence-corrected chi connectivity index (χ1v) is 6.33. The van der Waals surface area contributed by atoms with Crippen molar-refractivity contribution in [3.63, 3.8) is 0 Å². The maximum atomic E-state index is 13.6. The molecule has 0 fully saturated rings. The van der Waals surface area contributed by atoms with Crippen molar-refractivity contribution < 1.29 is 13.2 Å². The van der Waals surface area contributed by atoms with Crippen molar-refractivity contribution in [3.8, 4) is 0 Å². The molecular formula is C16H13F2NO. The molecule has 0 aliphatic carbocycles. The minimum Gasteiger partial charge on any atom is -0.459 e. The molecule has 4 heteroatoms. The number of furan rings is 1. The van der Waals surface area contributed by atoms with Crippen LogP contribution >= 0.6 is 0 Å². The van der Waals surface area contributed by atoms with Gasteiger partial charge in [0.05, 0.1) is 11.7 Å². The van der Waals surface area contributed by atoms with Crippen LogP contribution in [0, 0.1) is 11.6 Å². The Balaban J connectivity index is 1.88. The van der Waals surface area contributed by atoms with Gasteiger partial charge in [-0.3, -0.25) is 0 Å². The van der Waals surface area contributed by atoms with E-state index < -0.39 is 11.6 Å². The molecule has 0 radical (unpaired) electrons. The van der Waals surface area contributed by atoms with Gasteiger partial charge in [-0.2, -0.15) is 0 Å². The van der Waals surface area contributed by atoms with Crippen LogP contribution in [-0.2, 0) is 0 Å². The number of nitrogens with one attached hydrogen (secondary N) is 1. The molecule has 0 saturated carbocycles. The van der Waals surface area contributed by atoms with E-state index in [1.807, 2.05) is 37.3 Å². The van der Waals surface area contributed by atoms with E-state index in [4.69, 9.17) is 4.42 Å². The normalized spacial score (nSPS) is 12.6. The zero-order valence-corrected chi connectivity index (χ0v) is 10.9. The molecule has 3 rings (SSSR count). The maximum absolute atomic E-state index is 13.6. The SMILES string of the molecule is CC(Nc1cc(F)ccc1F)c1cc2ccccc2o1. The molecule has 1 N–H and O–H groups in total. The van der Waals surface area contributed by atoms with E-state index in [1.54, 1.807) is 0 Å². The molecule has 102 valence electrons.